The van der Waals surface area contributed by atoms with Crippen molar-refractivity contribution in [3.63, 3.8) is 0 Å². The molecule has 1 N–H and O–H groups in total. The van der Waals surface area contributed by atoms with Crippen LogP contribution in [-0.4, -0.2) is 28.2 Å². The summed E-state index contributed by atoms with van der Waals surface area (Å²) in [5.74, 6) is 0. The second-order valence-corrected chi connectivity index (χ2v) is 4.19. The van der Waals surface area contributed by atoms with E-state index in [1.807, 2.05) is 23.9 Å². The summed E-state index contributed by atoms with van der Waals surface area (Å²) in [5.41, 5.74) is 0. The van der Waals surface area contributed by atoms with Gasteiger partial charge in [0.15, 0.2) is 0 Å². The van der Waals surface area contributed by atoms with Crippen molar-refractivity contribution in [1.29, 1.82) is 0 Å². The summed E-state index contributed by atoms with van der Waals surface area (Å²) in [7, 11) is 0. The normalized spacial score (nSPS) is 13.0. The molecule has 1 aromatic heterocycles. The van der Waals surface area contributed by atoms with Crippen LogP contribution in [0.1, 0.15) is 19.8 Å². The summed E-state index contributed by atoms with van der Waals surface area (Å²) in [5, 5.41) is 7.77. The van der Waals surface area contributed by atoms with Gasteiger partial charge in [-0.2, -0.15) is 5.10 Å². The van der Waals surface area contributed by atoms with Gasteiger partial charge in [-0.05, 0) is 32.4 Å². The van der Waals surface area contributed by atoms with Gasteiger partial charge < -0.3 is 5.32 Å². The Kier molecular flexibility index (Phi) is 5.64. The van der Waals surface area contributed by atoms with Crippen molar-refractivity contribution in [2.24, 2.45) is 0 Å². The Morgan fingerprint density at radius 1 is 1.50 bits per heavy atom. The maximum atomic E-state index is 5.83. The van der Waals surface area contributed by atoms with E-state index in [0.717, 1.165) is 32.5 Å². The molecule has 0 amide bonds. The van der Waals surface area contributed by atoms with E-state index < -0.39 is 0 Å². The van der Waals surface area contributed by atoms with Crippen molar-refractivity contribution in [3.05, 3.63) is 18.5 Å². The van der Waals surface area contributed by atoms with Crippen LogP contribution in [0.25, 0.3) is 0 Å². The first kappa shape index (κ1) is 11.5. The lowest BCUT2D eigenvalue weighted by Crippen LogP contribution is -2.21. The minimum absolute atomic E-state index is 0.294. The van der Waals surface area contributed by atoms with Crippen LogP contribution in [-0.2, 0) is 6.54 Å². The highest BCUT2D eigenvalue weighted by atomic mass is 35.5. The summed E-state index contributed by atoms with van der Waals surface area (Å²) in [4.78, 5) is 0. The molecule has 3 nitrogen and oxygen atoms in total. The number of aromatic nitrogens is 2. The molecule has 0 saturated carbocycles. The largest absolute Gasteiger partial charge is 0.315 e. The zero-order chi connectivity index (χ0) is 10.2. The fourth-order valence-corrected chi connectivity index (χ4v) is 1.41. The summed E-state index contributed by atoms with van der Waals surface area (Å²) in [6, 6.07) is 1.94. The van der Waals surface area contributed by atoms with Crippen molar-refractivity contribution in [2.45, 2.75) is 31.7 Å². The molecule has 1 atom stereocenters. The Balaban J connectivity index is 1.90. The Bertz CT molecular complexity index is 221. The number of rotatable bonds is 7. The van der Waals surface area contributed by atoms with Gasteiger partial charge in [0, 0.05) is 24.3 Å². The van der Waals surface area contributed by atoms with Gasteiger partial charge in [-0.25, -0.2) is 0 Å². The molecule has 0 saturated heterocycles. The molecule has 1 unspecified atom stereocenters. The third-order valence-corrected chi connectivity index (χ3v) is 2.25. The fraction of sp³-hybridized carbons (Fsp3) is 0.700. The van der Waals surface area contributed by atoms with E-state index in [0.29, 0.717) is 5.38 Å². The molecule has 0 aliphatic rings. The third kappa shape index (κ3) is 5.25. The van der Waals surface area contributed by atoms with Crippen molar-refractivity contribution in [1.82, 2.24) is 15.1 Å². The number of nitrogens with one attached hydrogen (secondary N) is 1. The van der Waals surface area contributed by atoms with E-state index in [9.17, 15) is 0 Å². The molecule has 0 aliphatic heterocycles. The van der Waals surface area contributed by atoms with Gasteiger partial charge in [0.2, 0.25) is 0 Å². The number of alkyl halides is 1. The summed E-state index contributed by atoms with van der Waals surface area (Å²) >= 11 is 5.83. The molecule has 0 fully saturated rings. The van der Waals surface area contributed by atoms with Gasteiger partial charge in [-0.15, -0.1) is 11.6 Å². The summed E-state index contributed by atoms with van der Waals surface area (Å²) < 4.78 is 1.93. The minimum Gasteiger partial charge on any atom is -0.315 e. The first-order valence-electron chi connectivity index (χ1n) is 5.11. The van der Waals surface area contributed by atoms with Gasteiger partial charge in [0.05, 0.1) is 6.54 Å². The molecule has 0 spiro atoms. The topological polar surface area (TPSA) is 29.9 Å². The Hall–Kier alpha value is -0.540. The summed E-state index contributed by atoms with van der Waals surface area (Å²) in [6.07, 6.45) is 6.00. The van der Waals surface area contributed by atoms with Crippen molar-refractivity contribution >= 4 is 11.6 Å². The van der Waals surface area contributed by atoms with Crippen LogP contribution < -0.4 is 5.32 Å². The second-order valence-electron chi connectivity index (χ2n) is 3.44. The molecule has 1 heterocycles. The van der Waals surface area contributed by atoms with Gasteiger partial charge in [0.25, 0.3) is 0 Å². The van der Waals surface area contributed by atoms with E-state index in [2.05, 4.69) is 10.4 Å². The molecule has 14 heavy (non-hydrogen) atoms. The van der Waals surface area contributed by atoms with Crippen LogP contribution in [0.5, 0.6) is 0 Å². The van der Waals surface area contributed by atoms with Crippen LogP contribution in [0.4, 0.5) is 0 Å². The van der Waals surface area contributed by atoms with Crippen LogP contribution >= 0.6 is 11.6 Å². The van der Waals surface area contributed by atoms with Crippen molar-refractivity contribution in [2.75, 3.05) is 13.1 Å². The van der Waals surface area contributed by atoms with Crippen LogP contribution in [0.15, 0.2) is 18.5 Å². The molecule has 4 heteroatoms. The van der Waals surface area contributed by atoms with Crippen LogP contribution in [0.2, 0.25) is 0 Å². The average molecular weight is 216 g/mol. The van der Waals surface area contributed by atoms with Crippen LogP contribution in [0, 0.1) is 0 Å². The zero-order valence-corrected chi connectivity index (χ0v) is 9.37. The maximum absolute atomic E-state index is 5.83. The lowest BCUT2D eigenvalue weighted by atomic mass is 10.2. The van der Waals surface area contributed by atoms with E-state index in [4.69, 9.17) is 11.6 Å². The highest BCUT2D eigenvalue weighted by Gasteiger charge is 1.95. The van der Waals surface area contributed by atoms with E-state index >= 15 is 0 Å². The smallest absolute Gasteiger partial charge is 0.0533 e. The molecule has 0 aliphatic carbocycles. The van der Waals surface area contributed by atoms with Gasteiger partial charge >= 0.3 is 0 Å². The number of hydrogen-bond donors (Lipinski definition) is 1. The predicted octanol–water partition coefficient (Wildman–Crippen LogP) is 1.88. The SMILES string of the molecule is CC(Cl)CCCNCCn1cccn1. The van der Waals surface area contributed by atoms with Crippen molar-refractivity contribution < 1.29 is 0 Å². The molecule has 0 aromatic carbocycles. The average Bonchev–Trinajstić information content (AvgIpc) is 2.63. The number of halogens is 1. The van der Waals surface area contributed by atoms with E-state index in [1.54, 1.807) is 6.20 Å². The van der Waals surface area contributed by atoms with Gasteiger partial charge in [-0.1, -0.05) is 0 Å². The van der Waals surface area contributed by atoms with Gasteiger partial charge in [-0.3, -0.25) is 4.68 Å². The fourth-order valence-electron chi connectivity index (χ4n) is 1.26. The van der Waals surface area contributed by atoms with E-state index in [-0.39, 0.29) is 0 Å². The number of hydrogen-bond acceptors (Lipinski definition) is 2. The van der Waals surface area contributed by atoms with Crippen LogP contribution in [0.3, 0.4) is 0 Å². The Morgan fingerprint density at radius 3 is 3.00 bits per heavy atom. The monoisotopic (exact) mass is 215 g/mol. The molecule has 80 valence electrons. The molecular formula is C10H18ClN3. The van der Waals surface area contributed by atoms with E-state index in [1.165, 1.54) is 0 Å². The second kappa shape index (κ2) is 6.85. The third-order valence-electron chi connectivity index (χ3n) is 2.03. The van der Waals surface area contributed by atoms with Gasteiger partial charge in [0.1, 0.15) is 0 Å². The Morgan fingerprint density at radius 2 is 2.36 bits per heavy atom. The number of nitrogens with zero attached hydrogens (tertiary/aromatic N) is 2. The lowest BCUT2D eigenvalue weighted by Gasteiger charge is -2.05. The standard InChI is InChI=1S/C10H18ClN3/c1-10(11)4-2-5-12-7-9-14-8-3-6-13-14/h3,6,8,10,12H,2,4-5,7,9H2,1H3. The van der Waals surface area contributed by atoms with Crippen molar-refractivity contribution in [3.8, 4) is 0 Å². The molecule has 1 rings (SSSR count). The summed E-state index contributed by atoms with van der Waals surface area (Å²) in [6.45, 7) is 4.98. The first-order chi connectivity index (χ1) is 6.79. The first-order valence-corrected chi connectivity index (χ1v) is 5.55. The minimum atomic E-state index is 0.294. The highest BCUT2D eigenvalue weighted by molar-refractivity contribution is 6.20. The highest BCUT2D eigenvalue weighted by Crippen LogP contribution is 2.01. The Labute approximate surface area is 90.4 Å². The zero-order valence-electron chi connectivity index (χ0n) is 8.62. The molecular weight excluding hydrogens is 198 g/mol. The lowest BCUT2D eigenvalue weighted by molar-refractivity contribution is 0.540. The molecule has 0 bridgehead atoms. The molecule has 0 radical (unpaired) electrons. The maximum Gasteiger partial charge on any atom is 0.0533 e. The predicted molar refractivity (Wildman–Crippen MR) is 59.6 cm³/mol. The quantitative estimate of drug-likeness (QED) is 0.556. The molecule has 1 aromatic rings.